The van der Waals surface area contributed by atoms with Crippen molar-refractivity contribution >= 4 is 39.3 Å². The second-order valence-electron chi connectivity index (χ2n) is 8.50. The molecule has 1 aliphatic heterocycles. The van der Waals surface area contributed by atoms with E-state index in [4.69, 9.17) is 4.42 Å². The van der Waals surface area contributed by atoms with E-state index in [0.717, 1.165) is 26.9 Å². The Morgan fingerprint density at radius 3 is 2.53 bits per heavy atom. The number of nitrogens with one attached hydrogen (secondary N) is 1. The van der Waals surface area contributed by atoms with E-state index >= 15 is 0 Å². The zero-order valence-corrected chi connectivity index (χ0v) is 19.9. The molecule has 8 nitrogen and oxygen atoms in total. The smallest absolute Gasteiger partial charge is 0.319 e. The third kappa shape index (κ3) is 4.25. The number of hydrogen-bond donors (Lipinski definition) is 1. The fourth-order valence-corrected chi connectivity index (χ4v) is 5.25. The number of hydrogen-bond acceptors (Lipinski definition) is 8. The summed E-state index contributed by atoms with van der Waals surface area (Å²) in [5.41, 5.74) is 3.87. The molecule has 1 saturated heterocycles. The van der Waals surface area contributed by atoms with Crippen molar-refractivity contribution in [3.63, 3.8) is 0 Å². The molecule has 0 radical (unpaired) electrons. The van der Waals surface area contributed by atoms with Crippen LogP contribution < -0.4 is 10.2 Å². The number of rotatable bonds is 7. The number of aromatic nitrogens is 3. The highest BCUT2D eigenvalue weighted by atomic mass is 32.1. The molecular formula is C27H21N5O3S. The van der Waals surface area contributed by atoms with E-state index in [-0.39, 0.29) is 22.8 Å². The quantitative estimate of drug-likeness (QED) is 0.332. The van der Waals surface area contributed by atoms with Crippen molar-refractivity contribution in [2.75, 3.05) is 11.4 Å². The molecule has 1 atom stereocenters. The molecular weight excluding hydrogens is 474 g/mol. The normalized spacial score (nSPS) is 15.2. The summed E-state index contributed by atoms with van der Waals surface area (Å²) < 4.78 is 6.72. The number of carbonyl (C=O) groups excluding carboxylic acids is 2. The Balaban J connectivity index is 1.29. The van der Waals surface area contributed by atoms with Gasteiger partial charge in [-0.3, -0.25) is 9.59 Å². The van der Waals surface area contributed by atoms with Gasteiger partial charge in [0.25, 0.3) is 11.7 Å². The number of thiazole rings is 1. The van der Waals surface area contributed by atoms with Crippen LogP contribution in [-0.4, -0.2) is 39.5 Å². The van der Waals surface area contributed by atoms with E-state index in [2.05, 4.69) is 20.5 Å². The molecule has 36 heavy (non-hydrogen) atoms. The fraction of sp³-hybridized carbons (Fsp3) is 0.148. The minimum atomic E-state index is -0.451. The number of carbonyl (C=O) groups is 2. The average molecular weight is 496 g/mol. The summed E-state index contributed by atoms with van der Waals surface area (Å²) in [5, 5.41) is 11.3. The monoisotopic (exact) mass is 495 g/mol. The Hall–Kier alpha value is -4.37. The highest BCUT2D eigenvalue weighted by molar-refractivity contribution is 7.20. The van der Waals surface area contributed by atoms with Crippen molar-refractivity contribution < 1.29 is 14.0 Å². The highest BCUT2D eigenvalue weighted by Crippen LogP contribution is 2.30. The van der Waals surface area contributed by atoms with Crippen LogP contribution >= 0.6 is 11.3 Å². The Morgan fingerprint density at radius 1 is 1.00 bits per heavy atom. The van der Waals surface area contributed by atoms with E-state index in [0.29, 0.717) is 19.5 Å². The molecule has 3 heterocycles. The summed E-state index contributed by atoms with van der Waals surface area (Å²) in [6.07, 6.45) is 0.610. The number of anilines is 1. The van der Waals surface area contributed by atoms with Crippen LogP contribution in [0.3, 0.4) is 0 Å². The Kier molecular flexibility index (Phi) is 5.74. The van der Waals surface area contributed by atoms with Crippen LogP contribution in [-0.2, 0) is 11.3 Å². The molecule has 0 bridgehead atoms. The van der Waals surface area contributed by atoms with Gasteiger partial charge < -0.3 is 14.6 Å². The van der Waals surface area contributed by atoms with Crippen LogP contribution in [0.5, 0.6) is 0 Å². The lowest BCUT2D eigenvalue weighted by molar-refractivity contribution is -0.120. The molecule has 1 amide bonds. The molecule has 9 heteroatoms. The van der Waals surface area contributed by atoms with Crippen LogP contribution in [0.4, 0.5) is 6.01 Å². The van der Waals surface area contributed by atoms with Gasteiger partial charge in [-0.05, 0) is 35.2 Å². The van der Waals surface area contributed by atoms with Crippen molar-refractivity contribution in [3.05, 3.63) is 95.3 Å². The fourth-order valence-electron chi connectivity index (χ4n) is 4.32. The van der Waals surface area contributed by atoms with E-state index in [9.17, 15) is 9.59 Å². The lowest BCUT2D eigenvalue weighted by atomic mass is 10.1. The number of nitrogens with zero attached hydrogens (tertiary/aromatic N) is 4. The first kappa shape index (κ1) is 22.1. The van der Waals surface area contributed by atoms with Crippen molar-refractivity contribution in [1.82, 2.24) is 20.5 Å². The summed E-state index contributed by atoms with van der Waals surface area (Å²) in [6, 6.07) is 25.4. The van der Waals surface area contributed by atoms with E-state index < -0.39 is 11.8 Å². The average Bonchev–Trinajstić information content (AvgIpc) is 3.67. The summed E-state index contributed by atoms with van der Waals surface area (Å²) in [6.45, 7) is 0.976. The Morgan fingerprint density at radius 2 is 1.78 bits per heavy atom. The number of benzene rings is 3. The molecule has 3 aromatic carbocycles. The zero-order valence-electron chi connectivity index (χ0n) is 19.1. The van der Waals surface area contributed by atoms with Gasteiger partial charge in [0, 0.05) is 13.1 Å². The third-order valence-corrected chi connectivity index (χ3v) is 7.15. The molecule has 1 unspecified atom stereocenters. The first-order chi connectivity index (χ1) is 17.7. The van der Waals surface area contributed by atoms with E-state index in [1.54, 1.807) is 4.90 Å². The Bertz CT molecular complexity index is 1550. The maximum Gasteiger partial charge on any atom is 0.319 e. The molecule has 1 aliphatic rings. The summed E-state index contributed by atoms with van der Waals surface area (Å²) in [7, 11) is 0. The van der Waals surface area contributed by atoms with Crippen LogP contribution in [0.15, 0.2) is 83.3 Å². The topological polar surface area (TPSA) is 101 Å². The first-order valence-electron chi connectivity index (χ1n) is 11.6. The second-order valence-corrected chi connectivity index (χ2v) is 9.53. The van der Waals surface area contributed by atoms with Gasteiger partial charge in [0.15, 0.2) is 5.01 Å². The van der Waals surface area contributed by atoms with Crippen molar-refractivity contribution in [1.29, 1.82) is 0 Å². The van der Waals surface area contributed by atoms with Crippen molar-refractivity contribution in [2.45, 2.75) is 19.0 Å². The summed E-state index contributed by atoms with van der Waals surface area (Å²) in [5.74, 6) is -0.687. The van der Waals surface area contributed by atoms with Gasteiger partial charge >= 0.3 is 6.01 Å². The largest absolute Gasteiger partial charge is 0.400 e. The molecule has 5 aromatic rings. The zero-order chi connectivity index (χ0) is 24.5. The van der Waals surface area contributed by atoms with Gasteiger partial charge in [-0.25, -0.2) is 4.98 Å². The summed E-state index contributed by atoms with van der Waals surface area (Å²) in [4.78, 5) is 31.9. The van der Waals surface area contributed by atoms with Crippen LogP contribution in [0.1, 0.15) is 27.7 Å². The van der Waals surface area contributed by atoms with Crippen LogP contribution in [0.2, 0.25) is 0 Å². The van der Waals surface area contributed by atoms with Crippen LogP contribution in [0.25, 0.3) is 21.3 Å². The predicted octanol–water partition coefficient (Wildman–Crippen LogP) is 4.47. The second kappa shape index (κ2) is 9.35. The highest BCUT2D eigenvalue weighted by Gasteiger charge is 2.34. The standard InChI is InChI=1S/C27H21N5O3S/c33-23(26-29-20-12-11-19(15-22(20)36-26)18-9-5-2-6-10-18)25-30-31-27(35-25)32(21-13-14-28-24(21)34)16-17-7-3-1-4-8-17/h1-12,15,21H,13-14,16H2,(H,28,34). The molecule has 0 aliphatic carbocycles. The van der Waals surface area contributed by atoms with E-state index in [1.165, 1.54) is 11.3 Å². The molecule has 6 rings (SSSR count). The SMILES string of the molecule is O=C(c1nnc(N(Cc2ccccc2)C2CCNC2=O)o1)c1nc2ccc(-c3ccccc3)cc2s1. The van der Waals surface area contributed by atoms with Crippen molar-refractivity contribution in [3.8, 4) is 11.1 Å². The molecule has 178 valence electrons. The molecule has 0 spiro atoms. The predicted molar refractivity (Wildman–Crippen MR) is 137 cm³/mol. The van der Waals surface area contributed by atoms with Gasteiger partial charge in [0.2, 0.25) is 5.91 Å². The van der Waals surface area contributed by atoms with Gasteiger partial charge in [-0.15, -0.1) is 16.4 Å². The molecule has 0 saturated carbocycles. The van der Waals surface area contributed by atoms with E-state index in [1.807, 2.05) is 78.9 Å². The maximum atomic E-state index is 13.2. The van der Waals surface area contributed by atoms with Crippen LogP contribution in [0, 0.1) is 0 Å². The molecule has 2 aromatic heterocycles. The van der Waals surface area contributed by atoms with Gasteiger partial charge in [-0.1, -0.05) is 71.8 Å². The molecule has 1 N–H and O–H groups in total. The third-order valence-electron chi connectivity index (χ3n) is 6.14. The first-order valence-corrected chi connectivity index (χ1v) is 12.4. The Labute approximate surface area is 210 Å². The lowest BCUT2D eigenvalue weighted by Gasteiger charge is -2.25. The van der Waals surface area contributed by atoms with Gasteiger partial charge in [0.1, 0.15) is 6.04 Å². The van der Waals surface area contributed by atoms with Crippen molar-refractivity contribution in [2.24, 2.45) is 0 Å². The number of ketones is 1. The molecule has 1 fully saturated rings. The minimum Gasteiger partial charge on any atom is -0.400 e. The lowest BCUT2D eigenvalue weighted by Crippen LogP contribution is -2.40. The van der Waals surface area contributed by atoms with Gasteiger partial charge in [0.05, 0.1) is 10.2 Å². The van der Waals surface area contributed by atoms with Gasteiger partial charge in [-0.2, -0.15) is 0 Å². The summed E-state index contributed by atoms with van der Waals surface area (Å²) >= 11 is 1.29. The maximum absolute atomic E-state index is 13.2. The number of fused-ring (bicyclic) bond motifs is 1. The number of amides is 1. The minimum absolute atomic E-state index is 0.0996.